The number of hydrogen-bond acceptors (Lipinski definition) is 4. The van der Waals surface area contributed by atoms with Crippen LogP contribution in [0.1, 0.15) is 29.9 Å². The molecule has 0 bridgehead atoms. The van der Waals surface area contributed by atoms with Crippen LogP contribution in [-0.4, -0.2) is 12.1 Å². The first kappa shape index (κ1) is 17.3. The van der Waals surface area contributed by atoms with Gasteiger partial charge in [-0.25, -0.2) is 9.37 Å². The molecule has 1 fully saturated rings. The molecule has 27 heavy (non-hydrogen) atoms. The fourth-order valence-corrected chi connectivity index (χ4v) is 3.02. The zero-order valence-corrected chi connectivity index (χ0v) is 15.1. The van der Waals surface area contributed by atoms with E-state index in [0.29, 0.717) is 24.0 Å². The van der Waals surface area contributed by atoms with Crippen LogP contribution < -0.4 is 14.8 Å². The molecule has 0 amide bonds. The van der Waals surface area contributed by atoms with Crippen LogP contribution in [0.4, 0.5) is 10.2 Å². The molecule has 1 aromatic heterocycles. The second-order valence-corrected chi connectivity index (χ2v) is 6.63. The van der Waals surface area contributed by atoms with Gasteiger partial charge in [-0.3, -0.25) is 0 Å². The second-order valence-electron chi connectivity index (χ2n) is 6.63. The van der Waals surface area contributed by atoms with Gasteiger partial charge in [0.25, 0.3) is 0 Å². The zero-order valence-electron chi connectivity index (χ0n) is 15.1. The van der Waals surface area contributed by atoms with E-state index in [0.717, 1.165) is 11.6 Å². The molecule has 138 valence electrons. The minimum Gasteiger partial charge on any atom is -0.497 e. The highest BCUT2D eigenvalue weighted by atomic mass is 19.1. The topological polar surface area (TPSA) is 43.4 Å². The fraction of sp³-hybridized carbons (Fsp3) is 0.227. The van der Waals surface area contributed by atoms with Crippen LogP contribution in [0, 0.1) is 5.82 Å². The number of aromatic nitrogens is 1. The largest absolute Gasteiger partial charge is 0.497 e. The van der Waals surface area contributed by atoms with Gasteiger partial charge < -0.3 is 14.8 Å². The lowest BCUT2D eigenvalue weighted by Gasteiger charge is -2.13. The van der Waals surface area contributed by atoms with Gasteiger partial charge in [0.15, 0.2) is 0 Å². The van der Waals surface area contributed by atoms with Crippen molar-refractivity contribution in [2.24, 2.45) is 0 Å². The number of nitrogens with one attached hydrogen (secondary N) is 1. The van der Waals surface area contributed by atoms with Crippen molar-refractivity contribution in [3.8, 4) is 17.2 Å². The van der Waals surface area contributed by atoms with Gasteiger partial charge in [-0.2, -0.15) is 0 Å². The Labute approximate surface area is 158 Å². The summed E-state index contributed by atoms with van der Waals surface area (Å²) >= 11 is 0. The highest BCUT2D eigenvalue weighted by molar-refractivity contribution is 5.44. The summed E-state index contributed by atoms with van der Waals surface area (Å²) in [6, 6.07) is 15.9. The van der Waals surface area contributed by atoms with Crippen molar-refractivity contribution < 1.29 is 13.9 Å². The Morgan fingerprint density at radius 3 is 2.41 bits per heavy atom. The van der Waals surface area contributed by atoms with Gasteiger partial charge in [-0.05, 0) is 78.4 Å². The van der Waals surface area contributed by atoms with Gasteiger partial charge in [0, 0.05) is 6.54 Å². The number of methoxy groups -OCH3 is 1. The summed E-state index contributed by atoms with van der Waals surface area (Å²) in [6.07, 6.45) is 4.17. The molecule has 0 atom stereocenters. The maximum Gasteiger partial charge on any atom is 0.145 e. The van der Waals surface area contributed by atoms with Crippen LogP contribution in [0.15, 0.2) is 60.8 Å². The van der Waals surface area contributed by atoms with E-state index in [1.165, 1.54) is 36.1 Å². The van der Waals surface area contributed by atoms with E-state index in [4.69, 9.17) is 9.47 Å². The van der Waals surface area contributed by atoms with Crippen LogP contribution >= 0.6 is 0 Å². The molecule has 0 spiro atoms. The van der Waals surface area contributed by atoms with Crippen LogP contribution in [0.2, 0.25) is 0 Å². The van der Waals surface area contributed by atoms with Crippen molar-refractivity contribution in [3.63, 3.8) is 0 Å². The highest BCUT2D eigenvalue weighted by Gasteiger charge is 2.26. The normalized spacial score (nSPS) is 13.3. The summed E-state index contributed by atoms with van der Waals surface area (Å²) in [6.45, 7) is 0.689. The average Bonchev–Trinajstić information content (AvgIpc) is 3.54. The summed E-state index contributed by atoms with van der Waals surface area (Å²) in [4.78, 5) is 4.40. The van der Waals surface area contributed by atoms with Crippen LogP contribution in [0.5, 0.6) is 17.2 Å². The minimum absolute atomic E-state index is 0.289. The molecule has 4 rings (SSSR count). The van der Waals surface area contributed by atoms with E-state index in [1.807, 2.05) is 18.2 Å². The Kier molecular flexibility index (Phi) is 4.92. The lowest BCUT2D eigenvalue weighted by atomic mass is 10.0. The van der Waals surface area contributed by atoms with Crippen molar-refractivity contribution in [1.82, 2.24) is 4.98 Å². The van der Waals surface area contributed by atoms with Crippen molar-refractivity contribution >= 4 is 5.82 Å². The van der Waals surface area contributed by atoms with E-state index in [9.17, 15) is 4.39 Å². The van der Waals surface area contributed by atoms with Crippen molar-refractivity contribution in [2.75, 3.05) is 12.4 Å². The van der Waals surface area contributed by atoms with Gasteiger partial charge in [0.05, 0.1) is 13.3 Å². The number of nitrogens with zero attached hydrogens (tertiary/aromatic N) is 1. The Balaban J connectivity index is 1.41. The third-order valence-corrected chi connectivity index (χ3v) is 4.61. The molecule has 1 aliphatic rings. The Hall–Kier alpha value is -3.08. The molecule has 0 unspecified atom stereocenters. The molecular formula is C22H21FN2O2. The van der Waals surface area contributed by atoms with E-state index in [1.54, 1.807) is 25.4 Å². The quantitative estimate of drug-likeness (QED) is 0.600. The van der Waals surface area contributed by atoms with Crippen molar-refractivity contribution in [2.45, 2.75) is 25.3 Å². The SMILES string of the molecule is COc1ccc(C2CC2)c(CNc2ccc(Oc3ccc(F)cc3)cn2)c1. The van der Waals surface area contributed by atoms with E-state index in [2.05, 4.69) is 22.4 Å². The van der Waals surface area contributed by atoms with Crippen molar-refractivity contribution in [3.05, 3.63) is 77.7 Å². The Bertz CT molecular complexity index is 907. The average molecular weight is 364 g/mol. The van der Waals surface area contributed by atoms with Gasteiger partial charge >= 0.3 is 0 Å². The maximum atomic E-state index is 12.9. The number of rotatable bonds is 7. The van der Waals surface area contributed by atoms with Crippen LogP contribution in [0.3, 0.4) is 0 Å². The van der Waals surface area contributed by atoms with Gasteiger partial charge in [0.1, 0.15) is 28.9 Å². The molecule has 3 aromatic rings. The van der Waals surface area contributed by atoms with E-state index in [-0.39, 0.29) is 5.82 Å². The second kappa shape index (κ2) is 7.66. The predicted octanol–water partition coefficient (Wildman–Crippen LogP) is 5.51. The summed E-state index contributed by atoms with van der Waals surface area (Å²) < 4.78 is 24.0. The maximum absolute atomic E-state index is 12.9. The molecule has 1 N–H and O–H groups in total. The molecular weight excluding hydrogens is 343 g/mol. The van der Waals surface area contributed by atoms with Gasteiger partial charge in [-0.15, -0.1) is 0 Å². The molecule has 4 nitrogen and oxygen atoms in total. The number of benzene rings is 2. The number of ether oxygens (including phenoxy) is 2. The van der Waals surface area contributed by atoms with Crippen LogP contribution in [-0.2, 0) is 6.54 Å². The van der Waals surface area contributed by atoms with E-state index < -0.39 is 0 Å². The van der Waals surface area contributed by atoms with Gasteiger partial charge in [-0.1, -0.05) is 6.07 Å². The molecule has 1 heterocycles. The molecule has 0 radical (unpaired) electrons. The molecule has 5 heteroatoms. The predicted molar refractivity (Wildman–Crippen MR) is 103 cm³/mol. The zero-order chi connectivity index (χ0) is 18.6. The summed E-state index contributed by atoms with van der Waals surface area (Å²) in [7, 11) is 1.69. The summed E-state index contributed by atoms with van der Waals surface area (Å²) in [5.74, 6) is 3.20. The first-order valence-corrected chi connectivity index (χ1v) is 9.01. The van der Waals surface area contributed by atoms with E-state index >= 15 is 0 Å². The molecule has 2 aromatic carbocycles. The Morgan fingerprint density at radius 2 is 1.74 bits per heavy atom. The third kappa shape index (κ3) is 4.37. The molecule has 1 aliphatic carbocycles. The number of hydrogen-bond donors (Lipinski definition) is 1. The number of pyridine rings is 1. The number of anilines is 1. The monoisotopic (exact) mass is 364 g/mol. The highest BCUT2D eigenvalue weighted by Crippen LogP contribution is 2.42. The van der Waals surface area contributed by atoms with Crippen molar-refractivity contribution in [1.29, 1.82) is 0 Å². The number of halogens is 1. The Morgan fingerprint density at radius 1 is 1.00 bits per heavy atom. The molecule has 0 saturated heterocycles. The van der Waals surface area contributed by atoms with Gasteiger partial charge in [0.2, 0.25) is 0 Å². The molecule has 1 saturated carbocycles. The van der Waals surface area contributed by atoms with Crippen LogP contribution in [0.25, 0.3) is 0 Å². The summed E-state index contributed by atoms with van der Waals surface area (Å²) in [5.41, 5.74) is 2.63. The summed E-state index contributed by atoms with van der Waals surface area (Å²) in [5, 5.41) is 3.36. The minimum atomic E-state index is -0.289. The smallest absolute Gasteiger partial charge is 0.145 e. The third-order valence-electron chi connectivity index (χ3n) is 4.61. The first-order valence-electron chi connectivity index (χ1n) is 9.01. The molecule has 0 aliphatic heterocycles. The standard InChI is InChI=1S/C22H21FN2O2/c1-26-19-8-10-21(15-2-3-15)16(12-19)13-24-22-11-9-20(14-25-22)27-18-6-4-17(23)5-7-18/h4-12,14-15H,2-3,13H2,1H3,(H,24,25). The lowest BCUT2D eigenvalue weighted by Crippen LogP contribution is -2.04. The lowest BCUT2D eigenvalue weighted by molar-refractivity contribution is 0.414. The first-order chi connectivity index (χ1) is 13.2. The fourth-order valence-electron chi connectivity index (χ4n) is 3.02.